The zero-order chi connectivity index (χ0) is 18.4. The number of urea groups is 1. The minimum absolute atomic E-state index is 0.0433. The number of carbonyl (C=O) groups excluding carboxylic acids is 1. The summed E-state index contributed by atoms with van der Waals surface area (Å²) in [4.78, 5) is 22.1. The van der Waals surface area contributed by atoms with Crippen molar-refractivity contribution < 1.29 is 4.79 Å². The molecule has 7 nitrogen and oxygen atoms in total. The minimum atomic E-state index is -0.0956. The first kappa shape index (κ1) is 17.6. The van der Waals surface area contributed by atoms with Gasteiger partial charge in [-0.2, -0.15) is 5.10 Å². The smallest absolute Gasteiger partial charge is 0.317 e. The van der Waals surface area contributed by atoms with Crippen molar-refractivity contribution in [3.63, 3.8) is 0 Å². The van der Waals surface area contributed by atoms with Gasteiger partial charge in [-0.1, -0.05) is 18.2 Å². The molecule has 0 fully saturated rings. The highest BCUT2D eigenvalue weighted by molar-refractivity contribution is 5.74. The lowest BCUT2D eigenvalue weighted by Crippen LogP contribution is -2.39. The first-order valence-corrected chi connectivity index (χ1v) is 8.49. The molecule has 7 heteroatoms. The predicted molar refractivity (Wildman–Crippen MR) is 98.9 cm³/mol. The van der Waals surface area contributed by atoms with Gasteiger partial charge in [0.2, 0.25) is 0 Å². The number of pyridine rings is 1. The number of aromatic nitrogens is 4. The van der Waals surface area contributed by atoms with Crippen LogP contribution in [0.1, 0.15) is 24.1 Å². The third-order valence-corrected chi connectivity index (χ3v) is 4.37. The van der Waals surface area contributed by atoms with Crippen molar-refractivity contribution in [2.45, 2.75) is 19.4 Å². The number of rotatable bonds is 6. The molecule has 26 heavy (non-hydrogen) atoms. The minimum Gasteiger partial charge on any atom is -0.338 e. The van der Waals surface area contributed by atoms with Gasteiger partial charge in [0.25, 0.3) is 0 Å². The lowest BCUT2D eigenvalue weighted by atomic mass is 10.1. The second-order valence-electron chi connectivity index (χ2n) is 6.06. The van der Waals surface area contributed by atoms with Gasteiger partial charge in [0.1, 0.15) is 12.7 Å². The molecule has 0 unspecified atom stereocenters. The van der Waals surface area contributed by atoms with Gasteiger partial charge in [0.05, 0.1) is 11.7 Å². The Bertz CT molecular complexity index is 817. The van der Waals surface area contributed by atoms with Crippen molar-refractivity contribution in [2.75, 3.05) is 13.6 Å². The van der Waals surface area contributed by atoms with Crippen molar-refractivity contribution in [2.24, 2.45) is 0 Å². The van der Waals surface area contributed by atoms with Crippen LogP contribution in [0.4, 0.5) is 4.79 Å². The van der Waals surface area contributed by atoms with Crippen molar-refractivity contribution in [3.05, 3.63) is 72.6 Å². The highest BCUT2D eigenvalue weighted by atomic mass is 16.2. The average molecular weight is 350 g/mol. The van der Waals surface area contributed by atoms with Crippen LogP contribution >= 0.6 is 0 Å². The van der Waals surface area contributed by atoms with Crippen LogP contribution in [0.5, 0.6) is 0 Å². The van der Waals surface area contributed by atoms with E-state index in [4.69, 9.17) is 0 Å². The number of amides is 2. The Morgan fingerprint density at radius 3 is 2.69 bits per heavy atom. The van der Waals surface area contributed by atoms with Crippen LogP contribution in [0, 0.1) is 0 Å². The van der Waals surface area contributed by atoms with Gasteiger partial charge in [0.15, 0.2) is 0 Å². The Kier molecular flexibility index (Phi) is 5.58. The lowest BCUT2D eigenvalue weighted by Gasteiger charge is -2.25. The van der Waals surface area contributed by atoms with E-state index in [-0.39, 0.29) is 12.1 Å². The van der Waals surface area contributed by atoms with Crippen molar-refractivity contribution in [3.8, 4) is 5.69 Å². The fourth-order valence-electron chi connectivity index (χ4n) is 2.63. The molecule has 1 N–H and O–H groups in total. The topological polar surface area (TPSA) is 75.9 Å². The second-order valence-corrected chi connectivity index (χ2v) is 6.06. The fraction of sp³-hybridized carbons (Fsp3) is 0.263. The third kappa shape index (κ3) is 4.24. The van der Waals surface area contributed by atoms with Crippen molar-refractivity contribution in [1.82, 2.24) is 30.0 Å². The van der Waals surface area contributed by atoms with Crippen LogP contribution in [0.15, 0.2) is 61.4 Å². The molecule has 1 aromatic carbocycles. The van der Waals surface area contributed by atoms with Gasteiger partial charge >= 0.3 is 6.03 Å². The van der Waals surface area contributed by atoms with E-state index in [9.17, 15) is 4.79 Å². The van der Waals surface area contributed by atoms with Gasteiger partial charge in [-0.3, -0.25) is 4.98 Å². The number of benzene rings is 1. The highest BCUT2D eigenvalue weighted by Gasteiger charge is 2.17. The molecule has 1 atom stereocenters. The summed E-state index contributed by atoms with van der Waals surface area (Å²) in [5, 5.41) is 7.06. The van der Waals surface area contributed by atoms with Crippen LogP contribution in [0.3, 0.4) is 0 Å². The molecule has 0 aliphatic rings. The van der Waals surface area contributed by atoms with Gasteiger partial charge in [-0.15, -0.1) is 0 Å². The third-order valence-electron chi connectivity index (χ3n) is 4.37. The molecular weight excluding hydrogens is 328 g/mol. The Labute approximate surface area is 152 Å². The van der Waals surface area contributed by atoms with E-state index >= 15 is 0 Å². The monoisotopic (exact) mass is 350 g/mol. The highest BCUT2D eigenvalue weighted by Crippen LogP contribution is 2.20. The predicted octanol–water partition coefficient (Wildman–Crippen LogP) is 2.61. The number of hydrogen-bond acceptors (Lipinski definition) is 4. The number of carbonyl (C=O) groups is 1. The molecule has 0 spiro atoms. The maximum atomic E-state index is 12.4. The van der Waals surface area contributed by atoms with E-state index in [0.717, 1.165) is 23.2 Å². The average Bonchev–Trinajstić information content (AvgIpc) is 3.22. The molecule has 2 amide bonds. The summed E-state index contributed by atoms with van der Waals surface area (Å²) in [6.07, 6.45) is 7.47. The van der Waals surface area contributed by atoms with E-state index in [1.807, 2.05) is 49.5 Å². The van der Waals surface area contributed by atoms with E-state index in [0.29, 0.717) is 6.54 Å². The molecule has 3 rings (SSSR count). The van der Waals surface area contributed by atoms with Crippen molar-refractivity contribution >= 4 is 6.03 Å². The van der Waals surface area contributed by atoms with Crippen LogP contribution < -0.4 is 5.32 Å². The summed E-state index contributed by atoms with van der Waals surface area (Å²) in [6, 6.07) is 11.7. The molecule has 0 saturated heterocycles. The van der Waals surface area contributed by atoms with Gasteiger partial charge in [-0.25, -0.2) is 14.5 Å². The van der Waals surface area contributed by atoms with Crippen LogP contribution in [-0.2, 0) is 6.42 Å². The number of nitrogens with one attached hydrogen (secondary N) is 1. The first-order chi connectivity index (χ1) is 12.6. The molecule has 0 saturated carbocycles. The Hall–Kier alpha value is -3.22. The Balaban J connectivity index is 1.54. The summed E-state index contributed by atoms with van der Waals surface area (Å²) >= 11 is 0. The molecule has 0 bridgehead atoms. The summed E-state index contributed by atoms with van der Waals surface area (Å²) in [6.45, 7) is 2.58. The number of hydrogen-bond donors (Lipinski definition) is 1. The van der Waals surface area contributed by atoms with E-state index in [1.54, 1.807) is 29.2 Å². The largest absolute Gasteiger partial charge is 0.338 e. The molecule has 2 aromatic heterocycles. The van der Waals surface area contributed by atoms with Gasteiger partial charge in [-0.05, 0) is 42.7 Å². The van der Waals surface area contributed by atoms with Crippen molar-refractivity contribution in [1.29, 1.82) is 0 Å². The van der Waals surface area contributed by atoms with Crippen LogP contribution in [0.25, 0.3) is 5.69 Å². The Morgan fingerprint density at radius 2 is 2.04 bits per heavy atom. The van der Waals surface area contributed by atoms with E-state index in [2.05, 4.69) is 20.4 Å². The molecule has 134 valence electrons. The first-order valence-electron chi connectivity index (χ1n) is 8.49. The zero-order valence-electron chi connectivity index (χ0n) is 14.9. The fourth-order valence-corrected chi connectivity index (χ4v) is 2.63. The van der Waals surface area contributed by atoms with E-state index < -0.39 is 0 Å². The maximum Gasteiger partial charge on any atom is 0.317 e. The van der Waals surface area contributed by atoms with E-state index in [1.165, 1.54) is 6.33 Å². The molecular formula is C19H22N6O. The molecule has 0 aliphatic heterocycles. The molecule has 3 aromatic rings. The quantitative estimate of drug-likeness (QED) is 0.741. The lowest BCUT2D eigenvalue weighted by molar-refractivity contribution is 0.194. The Morgan fingerprint density at radius 1 is 1.23 bits per heavy atom. The SMILES string of the molecule is C[C@@H](c1ccc(-n2cncn2)cc1)N(C)C(=O)NCCc1cccnc1. The summed E-state index contributed by atoms with van der Waals surface area (Å²) in [5.41, 5.74) is 3.09. The summed E-state index contributed by atoms with van der Waals surface area (Å²) in [5.74, 6) is 0. The van der Waals surface area contributed by atoms with Crippen LogP contribution in [0.2, 0.25) is 0 Å². The standard InChI is InChI=1S/C19H22N6O/c1-15(17-5-7-18(8-6-17)25-14-21-13-23-25)24(2)19(26)22-11-9-16-4-3-10-20-12-16/h3-8,10,12-15H,9,11H2,1-2H3,(H,22,26)/t15-/m0/s1. The molecule has 0 aliphatic carbocycles. The van der Waals surface area contributed by atoms with Gasteiger partial charge < -0.3 is 10.2 Å². The zero-order valence-corrected chi connectivity index (χ0v) is 14.9. The molecule has 2 heterocycles. The van der Waals surface area contributed by atoms with Gasteiger partial charge in [0, 0.05) is 26.0 Å². The molecule has 0 radical (unpaired) electrons. The summed E-state index contributed by atoms with van der Waals surface area (Å²) in [7, 11) is 1.80. The summed E-state index contributed by atoms with van der Waals surface area (Å²) < 4.78 is 1.70. The maximum absolute atomic E-state index is 12.4. The number of nitrogens with zero attached hydrogens (tertiary/aromatic N) is 5. The normalized spacial score (nSPS) is 11.8. The van der Waals surface area contributed by atoms with Crippen LogP contribution in [-0.4, -0.2) is 44.3 Å². The second kappa shape index (κ2) is 8.24.